The molecule has 0 aromatic heterocycles. The molecule has 1 saturated carbocycles. The van der Waals surface area contributed by atoms with Crippen molar-refractivity contribution in [2.75, 3.05) is 0 Å². The minimum atomic E-state index is -1.06. The molecule has 1 fully saturated rings. The minimum Gasteiger partial charge on any atom is -0.508 e. The van der Waals surface area contributed by atoms with Crippen LogP contribution in [0.15, 0.2) is 35.9 Å². The largest absolute Gasteiger partial charge is 0.508 e. The Morgan fingerprint density at radius 1 is 1.09 bits per heavy atom. The molecule has 0 heterocycles. The fourth-order valence-electron chi connectivity index (χ4n) is 5.62. The SMILES string of the molecule is CC1=CC(OC(=O)CC(C)C)C2(C)CCC(O)(C(C)C)C2C(OC(=O)c2ccc(O)cc2)C1. The predicted molar refractivity (Wildman–Crippen MR) is 126 cm³/mol. The number of hydrogen-bond acceptors (Lipinski definition) is 6. The third-order valence-electron chi connectivity index (χ3n) is 7.49. The lowest BCUT2D eigenvalue weighted by atomic mass is 9.66. The van der Waals surface area contributed by atoms with Crippen LogP contribution in [0.25, 0.3) is 0 Å². The number of phenolic OH excluding ortho intramolecular Hbond substituents is 1. The van der Waals surface area contributed by atoms with Crippen LogP contribution in [0.3, 0.4) is 0 Å². The average Bonchev–Trinajstić information content (AvgIpc) is 2.94. The van der Waals surface area contributed by atoms with Crippen molar-refractivity contribution in [3.05, 3.63) is 41.5 Å². The highest BCUT2D eigenvalue weighted by molar-refractivity contribution is 5.89. The quantitative estimate of drug-likeness (QED) is 0.459. The molecule has 0 saturated heterocycles. The van der Waals surface area contributed by atoms with E-state index >= 15 is 0 Å². The molecule has 0 amide bonds. The molecule has 0 bridgehead atoms. The van der Waals surface area contributed by atoms with Crippen molar-refractivity contribution in [1.29, 1.82) is 0 Å². The number of hydrogen-bond donors (Lipinski definition) is 2. The van der Waals surface area contributed by atoms with Crippen molar-refractivity contribution in [1.82, 2.24) is 0 Å². The second kappa shape index (κ2) is 9.49. The summed E-state index contributed by atoms with van der Waals surface area (Å²) in [5, 5.41) is 21.4. The van der Waals surface area contributed by atoms with Gasteiger partial charge in [-0.15, -0.1) is 0 Å². The van der Waals surface area contributed by atoms with Gasteiger partial charge in [-0.25, -0.2) is 4.79 Å². The van der Waals surface area contributed by atoms with Gasteiger partial charge in [-0.3, -0.25) is 4.79 Å². The van der Waals surface area contributed by atoms with Crippen LogP contribution in [0.5, 0.6) is 5.75 Å². The molecule has 0 radical (unpaired) electrons. The summed E-state index contributed by atoms with van der Waals surface area (Å²) in [6.45, 7) is 11.9. The number of benzene rings is 1. The van der Waals surface area contributed by atoms with Crippen LogP contribution >= 0.6 is 0 Å². The number of fused-ring (bicyclic) bond motifs is 1. The number of aromatic hydroxyl groups is 1. The molecule has 0 aliphatic heterocycles. The van der Waals surface area contributed by atoms with Gasteiger partial charge in [0, 0.05) is 24.2 Å². The highest BCUT2D eigenvalue weighted by Gasteiger charge is 2.63. The van der Waals surface area contributed by atoms with Crippen LogP contribution in [0.4, 0.5) is 0 Å². The Labute approximate surface area is 197 Å². The molecule has 5 atom stereocenters. The van der Waals surface area contributed by atoms with E-state index in [9.17, 15) is 19.8 Å². The van der Waals surface area contributed by atoms with E-state index in [4.69, 9.17) is 9.47 Å². The number of phenols is 1. The van der Waals surface area contributed by atoms with Crippen molar-refractivity contribution in [3.63, 3.8) is 0 Å². The third-order valence-corrected chi connectivity index (χ3v) is 7.49. The van der Waals surface area contributed by atoms with E-state index in [0.717, 1.165) is 5.57 Å². The zero-order valence-corrected chi connectivity index (χ0v) is 20.6. The van der Waals surface area contributed by atoms with E-state index < -0.39 is 35.1 Å². The molecule has 33 heavy (non-hydrogen) atoms. The summed E-state index contributed by atoms with van der Waals surface area (Å²) in [5.41, 5.74) is -0.340. The van der Waals surface area contributed by atoms with Crippen molar-refractivity contribution in [2.45, 2.75) is 85.0 Å². The fourth-order valence-corrected chi connectivity index (χ4v) is 5.62. The topological polar surface area (TPSA) is 93.1 Å². The Morgan fingerprint density at radius 3 is 2.30 bits per heavy atom. The molecule has 2 aliphatic carbocycles. The molecule has 2 aliphatic rings. The van der Waals surface area contributed by atoms with Gasteiger partial charge in [0.1, 0.15) is 18.0 Å². The zero-order chi connectivity index (χ0) is 24.6. The molecule has 5 unspecified atom stereocenters. The normalized spacial score (nSPS) is 31.7. The minimum absolute atomic E-state index is 0.0652. The molecule has 2 N–H and O–H groups in total. The van der Waals surface area contributed by atoms with Crippen LogP contribution < -0.4 is 0 Å². The third kappa shape index (κ3) is 5.11. The number of ether oxygens (including phenoxy) is 2. The molecule has 182 valence electrons. The number of aliphatic hydroxyl groups is 1. The summed E-state index contributed by atoms with van der Waals surface area (Å²) in [5.74, 6) is -0.960. The Kier molecular flexibility index (Phi) is 7.27. The monoisotopic (exact) mass is 458 g/mol. The summed E-state index contributed by atoms with van der Waals surface area (Å²) in [6, 6.07) is 5.94. The Bertz CT molecular complexity index is 902. The van der Waals surface area contributed by atoms with Crippen LogP contribution in [-0.2, 0) is 14.3 Å². The summed E-state index contributed by atoms with van der Waals surface area (Å²) in [4.78, 5) is 25.6. The Morgan fingerprint density at radius 2 is 1.73 bits per heavy atom. The van der Waals surface area contributed by atoms with Crippen molar-refractivity contribution in [3.8, 4) is 5.75 Å². The van der Waals surface area contributed by atoms with Gasteiger partial charge in [0.15, 0.2) is 0 Å². The lowest BCUT2D eigenvalue weighted by Crippen LogP contribution is -2.53. The molecule has 3 rings (SSSR count). The lowest BCUT2D eigenvalue weighted by molar-refractivity contribution is -0.164. The first kappa shape index (κ1) is 25.3. The summed E-state index contributed by atoms with van der Waals surface area (Å²) in [7, 11) is 0. The molecule has 0 spiro atoms. The maximum absolute atomic E-state index is 13.0. The highest BCUT2D eigenvalue weighted by Crippen LogP contribution is 2.58. The van der Waals surface area contributed by atoms with Gasteiger partial charge in [0.2, 0.25) is 0 Å². The lowest BCUT2D eigenvalue weighted by Gasteiger charge is -2.45. The van der Waals surface area contributed by atoms with Crippen LogP contribution in [-0.4, -0.2) is 40.0 Å². The average molecular weight is 459 g/mol. The molecule has 6 nitrogen and oxygen atoms in total. The van der Waals surface area contributed by atoms with Gasteiger partial charge < -0.3 is 19.7 Å². The van der Waals surface area contributed by atoms with Crippen molar-refractivity contribution in [2.24, 2.45) is 23.2 Å². The summed E-state index contributed by atoms with van der Waals surface area (Å²) >= 11 is 0. The predicted octanol–water partition coefficient (Wildman–Crippen LogP) is 5.03. The van der Waals surface area contributed by atoms with Crippen molar-refractivity contribution >= 4 is 11.9 Å². The first-order valence-electron chi connectivity index (χ1n) is 12.0. The van der Waals surface area contributed by atoms with E-state index in [1.54, 1.807) is 0 Å². The van der Waals surface area contributed by atoms with Gasteiger partial charge in [0.05, 0.1) is 11.2 Å². The van der Waals surface area contributed by atoms with Gasteiger partial charge in [-0.1, -0.05) is 40.2 Å². The highest BCUT2D eigenvalue weighted by atomic mass is 16.6. The number of carbonyl (C=O) groups excluding carboxylic acids is 2. The number of esters is 2. The van der Waals surface area contributed by atoms with Crippen LogP contribution in [0, 0.1) is 23.2 Å². The molecule has 6 heteroatoms. The summed E-state index contributed by atoms with van der Waals surface area (Å²) in [6.07, 6.45) is 2.89. The molecule has 1 aromatic carbocycles. The first-order chi connectivity index (χ1) is 15.4. The zero-order valence-electron chi connectivity index (χ0n) is 20.6. The number of rotatable bonds is 6. The Balaban J connectivity index is 1.97. The van der Waals surface area contributed by atoms with E-state index in [0.29, 0.717) is 31.2 Å². The van der Waals surface area contributed by atoms with Gasteiger partial charge in [0.25, 0.3) is 0 Å². The smallest absolute Gasteiger partial charge is 0.338 e. The van der Waals surface area contributed by atoms with Gasteiger partial charge >= 0.3 is 11.9 Å². The summed E-state index contributed by atoms with van der Waals surface area (Å²) < 4.78 is 12.0. The molecular weight excluding hydrogens is 420 g/mol. The second-order valence-corrected chi connectivity index (χ2v) is 10.8. The van der Waals surface area contributed by atoms with E-state index in [1.807, 2.05) is 47.6 Å². The maximum atomic E-state index is 13.0. The van der Waals surface area contributed by atoms with E-state index in [1.165, 1.54) is 24.3 Å². The first-order valence-corrected chi connectivity index (χ1v) is 12.0. The van der Waals surface area contributed by atoms with Crippen molar-refractivity contribution < 1.29 is 29.3 Å². The van der Waals surface area contributed by atoms with Gasteiger partial charge in [-0.05, 0) is 61.9 Å². The van der Waals surface area contributed by atoms with E-state index in [-0.39, 0.29) is 23.6 Å². The second-order valence-electron chi connectivity index (χ2n) is 10.8. The van der Waals surface area contributed by atoms with Gasteiger partial charge in [-0.2, -0.15) is 0 Å². The fraction of sp³-hybridized carbons (Fsp3) is 0.630. The maximum Gasteiger partial charge on any atom is 0.338 e. The molecule has 1 aromatic rings. The number of carbonyl (C=O) groups is 2. The van der Waals surface area contributed by atoms with E-state index in [2.05, 4.69) is 0 Å². The standard InChI is InChI=1S/C27H38O6/c1-16(2)13-23(29)33-22-15-18(5)14-21(32-25(30)19-7-9-20(28)10-8-19)24-26(22,6)11-12-27(24,31)17(3)4/h7-10,15-17,21-22,24,28,31H,11-14H2,1-6H3. The Hall–Kier alpha value is -2.34. The van der Waals surface area contributed by atoms with Crippen LogP contribution in [0.2, 0.25) is 0 Å². The van der Waals surface area contributed by atoms with Crippen LogP contribution in [0.1, 0.15) is 77.6 Å². The molecular formula is C27H38O6.